The molecule has 10 heteroatoms. The van der Waals surface area contributed by atoms with E-state index in [1.165, 1.54) is 58.1 Å². The van der Waals surface area contributed by atoms with E-state index < -0.39 is 48.3 Å². The van der Waals surface area contributed by atoms with Crippen LogP contribution < -0.4 is 0 Å². The predicted octanol–water partition coefficient (Wildman–Crippen LogP) is 2.57. The fourth-order valence-electron chi connectivity index (χ4n) is 2.50. The molecule has 0 saturated carbocycles. The predicted molar refractivity (Wildman–Crippen MR) is 108 cm³/mol. The molecule has 0 aliphatic heterocycles. The maximum Gasteiger partial charge on any atom is 0.303 e. The molecule has 0 N–H and O–H groups in total. The molecule has 4 atom stereocenters. The second-order valence-corrected chi connectivity index (χ2v) is 8.95. The average molecular weight is 439 g/mol. The largest absolute Gasteiger partial charge is 0.459 e. The van der Waals surface area contributed by atoms with Crippen molar-refractivity contribution in [1.29, 1.82) is 0 Å². The van der Waals surface area contributed by atoms with Gasteiger partial charge < -0.3 is 18.9 Å². The summed E-state index contributed by atoms with van der Waals surface area (Å²) in [4.78, 5) is 46.7. The van der Waals surface area contributed by atoms with Gasteiger partial charge in [0.2, 0.25) is 0 Å². The molecule has 8 nitrogen and oxygen atoms in total. The van der Waals surface area contributed by atoms with Gasteiger partial charge in [-0.05, 0) is 18.4 Å². The summed E-state index contributed by atoms with van der Waals surface area (Å²) in [6, 6.07) is 0. The Bertz CT molecular complexity index is 534. The summed E-state index contributed by atoms with van der Waals surface area (Å²) in [5, 5.41) is 0. The van der Waals surface area contributed by atoms with Gasteiger partial charge in [0.05, 0.1) is 4.58 Å². The second-order valence-electron chi connectivity index (χ2n) is 5.82. The molecule has 0 aromatic carbocycles. The van der Waals surface area contributed by atoms with Crippen molar-refractivity contribution in [2.24, 2.45) is 0 Å². The molecule has 0 aromatic rings. The lowest BCUT2D eigenvalue weighted by atomic mass is 10.0. The summed E-state index contributed by atoms with van der Waals surface area (Å²) < 4.78 is 21.2. The van der Waals surface area contributed by atoms with Crippen LogP contribution in [0.3, 0.4) is 0 Å². The van der Waals surface area contributed by atoms with Crippen LogP contribution in [-0.4, -0.2) is 64.4 Å². The number of carbonyl (C=O) groups is 4. The molecule has 0 aliphatic carbocycles. The van der Waals surface area contributed by atoms with E-state index in [-0.39, 0.29) is 4.58 Å². The maximum atomic E-state index is 11.8. The first kappa shape index (κ1) is 26.6. The molecule has 0 saturated heterocycles. The van der Waals surface area contributed by atoms with Crippen LogP contribution in [0.15, 0.2) is 0 Å². The minimum atomic E-state index is -1.15. The van der Waals surface area contributed by atoms with Crippen molar-refractivity contribution in [3.63, 3.8) is 0 Å². The Labute approximate surface area is 174 Å². The first-order valence-corrected chi connectivity index (χ1v) is 11.0. The molecule has 0 aliphatic rings. The molecule has 0 fully saturated rings. The van der Waals surface area contributed by atoms with Crippen LogP contribution in [0.25, 0.3) is 0 Å². The zero-order valence-corrected chi connectivity index (χ0v) is 19.0. The fourth-order valence-corrected chi connectivity index (χ4v) is 5.16. The summed E-state index contributed by atoms with van der Waals surface area (Å²) in [7, 11) is 0. The van der Waals surface area contributed by atoms with Crippen LogP contribution in [0, 0.1) is 0 Å². The lowest BCUT2D eigenvalue weighted by molar-refractivity contribution is -0.195. The van der Waals surface area contributed by atoms with Gasteiger partial charge in [-0.15, -0.1) is 23.5 Å². The highest BCUT2D eigenvalue weighted by Gasteiger charge is 2.45. The van der Waals surface area contributed by atoms with E-state index >= 15 is 0 Å². The van der Waals surface area contributed by atoms with Gasteiger partial charge in [0.15, 0.2) is 18.3 Å². The third kappa shape index (κ3) is 10.2. The number of carbonyl (C=O) groups excluding carboxylic acids is 4. The highest BCUT2D eigenvalue weighted by atomic mass is 32.2. The second kappa shape index (κ2) is 13.7. The minimum absolute atomic E-state index is 0.286. The summed E-state index contributed by atoms with van der Waals surface area (Å²) in [6.45, 7) is 10.3. The van der Waals surface area contributed by atoms with E-state index in [0.717, 1.165) is 11.5 Å². The van der Waals surface area contributed by atoms with Crippen LogP contribution in [0.4, 0.5) is 0 Å². The lowest BCUT2D eigenvalue weighted by Crippen LogP contribution is -2.53. The average Bonchev–Trinajstić information content (AvgIpc) is 2.54. The van der Waals surface area contributed by atoms with E-state index in [0.29, 0.717) is 0 Å². The standard InChI is InChI=1S/C18H30O8S2/c1-8-27-18(28-9-2)17(26-14(7)22)16(25-13(6)21)15(24-12(5)20)10(3)23-11(4)19/h10,15-18H,8-9H2,1-7H3/t10-,15-,16+,17+/m0/s1. The van der Waals surface area contributed by atoms with Crippen molar-refractivity contribution in [2.45, 2.75) is 77.5 Å². The Morgan fingerprint density at radius 2 is 1.00 bits per heavy atom. The molecule has 0 unspecified atom stereocenters. The third-order valence-electron chi connectivity index (χ3n) is 3.30. The van der Waals surface area contributed by atoms with Crippen molar-refractivity contribution in [3.05, 3.63) is 0 Å². The highest BCUT2D eigenvalue weighted by Crippen LogP contribution is 2.33. The van der Waals surface area contributed by atoms with E-state index in [4.69, 9.17) is 18.9 Å². The molecule has 0 heterocycles. The Morgan fingerprint density at radius 1 is 0.643 bits per heavy atom. The highest BCUT2D eigenvalue weighted by molar-refractivity contribution is 8.17. The van der Waals surface area contributed by atoms with Crippen molar-refractivity contribution < 1.29 is 38.1 Å². The van der Waals surface area contributed by atoms with Gasteiger partial charge in [-0.3, -0.25) is 19.2 Å². The van der Waals surface area contributed by atoms with Crippen molar-refractivity contribution in [2.75, 3.05) is 11.5 Å². The maximum absolute atomic E-state index is 11.8. The Morgan fingerprint density at radius 3 is 1.36 bits per heavy atom. The van der Waals surface area contributed by atoms with Crippen LogP contribution >= 0.6 is 23.5 Å². The topological polar surface area (TPSA) is 105 Å². The number of hydrogen-bond acceptors (Lipinski definition) is 10. The van der Waals surface area contributed by atoms with Gasteiger partial charge in [0.25, 0.3) is 0 Å². The SMILES string of the molecule is CCSC(SCC)[C@H](OC(C)=O)[C@H](OC(C)=O)[C@@H](OC(C)=O)[C@H](C)OC(C)=O. The number of esters is 4. The lowest BCUT2D eigenvalue weighted by Gasteiger charge is -2.37. The molecule has 0 rings (SSSR count). The summed E-state index contributed by atoms with van der Waals surface area (Å²) in [6.07, 6.45) is -4.14. The molecule has 0 spiro atoms. The van der Waals surface area contributed by atoms with Gasteiger partial charge in [-0.2, -0.15) is 0 Å². The quantitative estimate of drug-likeness (QED) is 0.256. The zero-order valence-electron chi connectivity index (χ0n) is 17.4. The number of thioether (sulfide) groups is 2. The number of ether oxygens (including phenoxy) is 4. The van der Waals surface area contributed by atoms with Gasteiger partial charge in [0, 0.05) is 27.7 Å². The Hall–Kier alpha value is -1.42. The smallest absolute Gasteiger partial charge is 0.303 e. The van der Waals surface area contributed by atoms with E-state index in [1.807, 2.05) is 13.8 Å². The summed E-state index contributed by atoms with van der Waals surface area (Å²) in [5.74, 6) is -0.999. The van der Waals surface area contributed by atoms with Gasteiger partial charge >= 0.3 is 23.9 Å². The molecule has 28 heavy (non-hydrogen) atoms. The van der Waals surface area contributed by atoms with Gasteiger partial charge in [0.1, 0.15) is 6.10 Å². The van der Waals surface area contributed by atoms with E-state index in [9.17, 15) is 19.2 Å². The van der Waals surface area contributed by atoms with Crippen LogP contribution in [0.1, 0.15) is 48.5 Å². The fraction of sp³-hybridized carbons (Fsp3) is 0.778. The normalized spacial score (nSPS) is 15.1. The van der Waals surface area contributed by atoms with Crippen LogP contribution in [0.5, 0.6) is 0 Å². The first-order valence-electron chi connectivity index (χ1n) is 8.95. The Kier molecular flexibility index (Phi) is 13.0. The first-order chi connectivity index (χ1) is 13.0. The molecular formula is C18H30O8S2. The van der Waals surface area contributed by atoms with Crippen molar-refractivity contribution in [3.8, 4) is 0 Å². The molecule has 0 radical (unpaired) electrons. The molecule has 0 bridgehead atoms. The minimum Gasteiger partial charge on any atom is -0.459 e. The zero-order chi connectivity index (χ0) is 21.9. The third-order valence-corrected chi connectivity index (χ3v) is 5.98. The van der Waals surface area contributed by atoms with Gasteiger partial charge in [-0.25, -0.2) is 0 Å². The number of rotatable bonds is 12. The summed E-state index contributed by atoms with van der Waals surface area (Å²) in [5.41, 5.74) is 0. The number of hydrogen-bond donors (Lipinski definition) is 0. The molecule has 0 aromatic heterocycles. The monoisotopic (exact) mass is 438 g/mol. The summed E-state index contributed by atoms with van der Waals surface area (Å²) >= 11 is 3.03. The molecule has 162 valence electrons. The Balaban J connectivity index is 6.15. The van der Waals surface area contributed by atoms with Crippen molar-refractivity contribution in [1.82, 2.24) is 0 Å². The van der Waals surface area contributed by atoms with E-state index in [1.54, 1.807) is 0 Å². The van der Waals surface area contributed by atoms with E-state index in [2.05, 4.69) is 0 Å². The van der Waals surface area contributed by atoms with Crippen molar-refractivity contribution >= 4 is 47.4 Å². The van der Waals surface area contributed by atoms with Gasteiger partial charge in [-0.1, -0.05) is 13.8 Å². The molecular weight excluding hydrogens is 408 g/mol. The molecule has 0 amide bonds. The van der Waals surface area contributed by atoms with Crippen LogP contribution in [-0.2, 0) is 38.1 Å². The van der Waals surface area contributed by atoms with Crippen LogP contribution in [0.2, 0.25) is 0 Å².